The molecule has 0 aliphatic rings. The van der Waals surface area contributed by atoms with Gasteiger partial charge >= 0.3 is 0 Å². The Labute approximate surface area is 135 Å². The Morgan fingerprint density at radius 2 is 2.00 bits per heavy atom. The number of hydrogen-bond acceptors (Lipinski definition) is 6. The molecule has 9 heteroatoms. The third-order valence-corrected chi connectivity index (χ3v) is 3.55. The van der Waals surface area contributed by atoms with Crippen molar-refractivity contribution < 1.29 is 4.79 Å². The average molecular weight is 320 g/mol. The summed E-state index contributed by atoms with van der Waals surface area (Å²) in [5.41, 5.74) is 1.79. The summed E-state index contributed by atoms with van der Waals surface area (Å²) in [6, 6.07) is 6.76. The second kappa shape index (κ2) is 5.54. The van der Waals surface area contributed by atoms with Crippen molar-refractivity contribution in [3.8, 4) is 5.82 Å². The first-order chi connectivity index (χ1) is 11.7. The number of amides is 1. The fourth-order valence-electron chi connectivity index (χ4n) is 2.34. The zero-order valence-electron chi connectivity index (χ0n) is 12.6. The molecule has 4 rings (SSSR count). The van der Waals surface area contributed by atoms with Gasteiger partial charge < -0.3 is 5.32 Å². The highest BCUT2D eigenvalue weighted by molar-refractivity contribution is 6.05. The van der Waals surface area contributed by atoms with Crippen LogP contribution < -0.4 is 5.32 Å². The SMILES string of the molecule is Cc1nccn1-c1cc(NC(=O)c2ccc3n[nH]nc3c2)ncn1. The molecule has 9 nitrogen and oxygen atoms in total. The highest BCUT2D eigenvalue weighted by Crippen LogP contribution is 2.14. The van der Waals surface area contributed by atoms with Crippen LogP contribution in [0.2, 0.25) is 0 Å². The number of benzene rings is 1. The first-order valence-electron chi connectivity index (χ1n) is 7.15. The average Bonchev–Trinajstić information content (AvgIpc) is 3.22. The van der Waals surface area contributed by atoms with Crippen molar-refractivity contribution in [1.82, 2.24) is 34.9 Å². The Morgan fingerprint density at radius 1 is 1.12 bits per heavy atom. The lowest BCUT2D eigenvalue weighted by molar-refractivity contribution is 0.102. The van der Waals surface area contributed by atoms with E-state index in [9.17, 15) is 4.79 Å². The molecular weight excluding hydrogens is 308 g/mol. The normalized spacial score (nSPS) is 10.9. The molecule has 118 valence electrons. The Morgan fingerprint density at radius 3 is 2.83 bits per heavy atom. The second-order valence-electron chi connectivity index (χ2n) is 5.09. The lowest BCUT2D eigenvalue weighted by Crippen LogP contribution is -2.13. The van der Waals surface area contributed by atoms with Crippen molar-refractivity contribution in [3.05, 3.63) is 54.4 Å². The molecule has 0 saturated heterocycles. The van der Waals surface area contributed by atoms with Gasteiger partial charge in [-0.15, -0.1) is 0 Å². The molecule has 0 atom stereocenters. The van der Waals surface area contributed by atoms with Crippen molar-refractivity contribution in [1.29, 1.82) is 0 Å². The van der Waals surface area contributed by atoms with Crippen molar-refractivity contribution in [3.63, 3.8) is 0 Å². The van der Waals surface area contributed by atoms with Gasteiger partial charge in [-0.3, -0.25) is 9.36 Å². The van der Waals surface area contributed by atoms with Gasteiger partial charge in [0, 0.05) is 24.0 Å². The van der Waals surface area contributed by atoms with Crippen LogP contribution in [0, 0.1) is 6.92 Å². The van der Waals surface area contributed by atoms with E-state index >= 15 is 0 Å². The maximum Gasteiger partial charge on any atom is 0.256 e. The van der Waals surface area contributed by atoms with E-state index in [0.29, 0.717) is 28.2 Å². The van der Waals surface area contributed by atoms with Gasteiger partial charge in [-0.2, -0.15) is 15.4 Å². The number of carbonyl (C=O) groups excluding carboxylic acids is 1. The predicted molar refractivity (Wildman–Crippen MR) is 85.7 cm³/mol. The Bertz CT molecular complexity index is 1030. The lowest BCUT2D eigenvalue weighted by Gasteiger charge is -2.07. The highest BCUT2D eigenvalue weighted by atomic mass is 16.1. The van der Waals surface area contributed by atoms with E-state index in [-0.39, 0.29) is 5.91 Å². The summed E-state index contributed by atoms with van der Waals surface area (Å²) in [6.45, 7) is 1.87. The standard InChI is InChI=1S/C15H12N8O/c1-9-16-4-5-23(9)14-7-13(17-8-18-14)19-15(24)10-2-3-11-12(6-10)21-22-20-11/h2-8H,1H3,(H,20,21,22)(H,17,18,19,24). The molecule has 0 radical (unpaired) electrons. The molecule has 3 heterocycles. The van der Waals surface area contributed by atoms with Crippen molar-refractivity contribution in [2.45, 2.75) is 6.92 Å². The van der Waals surface area contributed by atoms with Crippen molar-refractivity contribution in [2.75, 3.05) is 5.32 Å². The summed E-state index contributed by atoms with van der Waals surface area (Å²) in [5, 5.41) is 13.2. The van der Waals surface area contributed by atoms with E-state index in [1.54, 1.807) is 41.2 Å². The number of fused-ring (bicyclic) bond motifs is 1. The largest absolute Gasteiger partial charge is 0.306 e. The minimum atomic E-state index is -0.285. The summed E-state index contributed by atoms with van der Waals surface area (Å²) in [6.07, 6.45) is 4.87. The number of nitrogens with one attached hydrogen (secondary N) is 2. The van der Waals surface area contributed by atoms with Crippen LogP contribution in [0.1, 0.15) is 16.2 Å². The van der Waals surface area contributed by atoms with Crippen LogP contribution in [0.25, 0.3) is 16.9 Å². The minimum absolute atomic E-state index is 0.285. The molecule has 3 aromatic heterocycles. The van der Waals surface area contributed by atoms with Gasteiger partial charge in [0.15, 0.2) is 0 Å². The number of aryl methyl sites for hydroxylation is 1. The van der Waals surface area contributed by atoms with Gasteiger partial charge in [-0.25, -0.2) is 15.0 Å². The Balaban J connectivity index is 1.60. The van der Waals surface area contributed by atoms with Crippen molar-refractivity contribution in [2.24, 2.45) is 0 Å². The van der Waals surface area contributed by atoms with Crippen LogP contribution in [0.15, 0.2) is 43.0 Å². The molecule has 0 saturated carbocycles. The number of imidazole rings is 1. The topological polar surface area (TPSA) is 114 Å². The van der Waals surface area contributed by atoms with Gasteiger partial charge in [0.05, 0.1) is 0 Å². The number of carbonyl (C=O) groups is 1. The van der Waals surface area contributed by atoms with Crippen molar-refractivity contribution >= 4 is 22.8 Å². The van der Waals surface area contributed by atoms with E-state index in [2.05, 4.69) is 35.7 Å². The van der Waals surface area contributed by atoms with Gasteiger partial charge in [-0.05, 0) is 25.1 Å². The minimum Gasteiger partial charge on any atom is -0.306 e. The number of hydrogen-bond donors (Lipinski definition) is 2. The summed E-state index contributed by atoms with van der Waals surface area (Å²) in [7, 11) is 0. The van der Waals surface area contributed by atoms with E-state index in [1.807, 2.05) is 6.92 Å². The monoisotopic (exact) mass is 320 g/mol. The van der Waals surface area contributed by atoms with Gasteiger partial charge in [0.25, 0.3) is 5.91 Å². The fourth-order valence-corrected chi connectivity index (χ4v) is 2.34. The van der Waals surface area contributed by atoms with Gasteiger partial charge in [0.2, 0.25) is 0 Å². The molecule has 0 aliphatic carbocycles. The van der Waals surface area contributed by atoms with E-state index < -0.39 is 0 Å². The summed E-state index contributed by atoms with van der Waals surface area (Å²) in [4.78, 5) is 24.8. The Hall–Kier alpha value is -3.62. The molecule has 4 aromatic rings. The molecule has 0 spiro atoms. The second-order valence-corrected chi connectivity index (χ2v) is 5.09. The number of nitrogens with zero attached hydrogens (tertiary/aromatic N) is 6. The van der Waals surface area contributed by atoms with Gasteiger partial charge in [-0.1, -0.05) is 0 Å². The van der Waals surface area contributed by atoms with Crippen LogP contribution in [0.4, 0.5) is 5.82 Å². The molecule has 24 heavy (non-hydrogen) atoms. The third kappa shape index (κ3) is 2.47. The number of rotatable bonds is 3. The molecule has 1 aromatic carbocycles. The van der Waals surface area contributed by atoms with Crippen LogP contribution in [-0.2, 0) is 0 Å². The maximum atomic E-state index is 12.4. The smallest absolute Gasteiger partial charge is 0.256 e. The lowest BCUT2D eigenvalue weighted by atomic mass is 10.2. The summed E-state index contributed by atoms with van der Waals surface area (Å²) in [5.74, 6) is 1.54. The molecule has 0 fully saturated rings. The number of aromatic nitrogens is 7. The molecule has 0 bridgehead atoms. The first kappa shape index (κ1) is 14.0. The van der Waals surface area contributed by atoms with Gasteiger partial charge in [0.1, 0.15) is 34.8 Å². The first-order valence-corrected chi connectivity index (χ1v) is 7.15. The molecular formula is C15H12N8O. The zero-order valence-corrected chi connectivity index (χ0v) is 12.6. The van der Waals surface area contributed by atoms with Crippen LogP contribution >= 0.6 is 0 Å². The van der Waals surface area contributed by atoms with Crippen LogP contribution in [0.5, 0.6) is 0 Å². The Kier molecular flexibility index (Phi) is 3.23. The summed E-state index contributed by atoms with van der Waals surface area (Å²) >= 11 is 0. The maximum absolute atomic E-state index is 12.4. The zero-order chi connectivity index (χ0) is 16.5. The van der Waals surface area contributed by atoms with E-state index in [1.165, 1.54) is 6.33 Å². The van der Waals surface area contributed by atoms with Crippen LogP contribution in [-0.4, -0.2) is 40.8 Å². The molecule has 1 amide bonds. The highest BCUT2D eigenvalue weighted by Gasteiger charge is 2.10. The quantitative estimate of drug-likeness (QED) is 0.591. The van der Waals surface area contributed by atoms with E-state index in [0.717, 1.165) is 5.82 Å². The summed E-state index contributed by atoms with van der Waals surface area (Å²) < 4.78 is 1.80. The fraction of sp³-hybridized carbons (Fsp3) is 0.0667. The van der Waals surface area contributed by atoms with E-state index in [4.69, 9.17) is 0 Å². The number of aromatic amines is 1. The molecule has 0 unspecified atom stereocenters. The molecule has 2 N–H and O–H groups in total. The molecule has 0 aliphatic heterocycles. The number of H-pyrrole nitrogens is 1. The van der Waals surface area contributed by atoms with Crippen LogP contribution in [0.3, 0.4) is 0 Å². The predicted octanol–water partition coefficient (Wildman–Crippen LogP) is 1.49. The third-order valence-electron chi connectivity index (χ3n) is 3.55. The number of anilines is 1.